The van der Waals surface area contributed by atoms with Crippen LogP contribution in [0.15, 0.2) is 134 Å². The molecule has 0 bridgehead atoms. The summed E-state index contributed by atoms with van der Waals surface area (Å²) in [6.45, 7) is 2.57. The van der Waals surface area contributed by atoms with Gasteiger partial charge in [0.1, 0.15) is 25.4 Å². The van der Waals surface area contributed by atoms with E-state index in [0.29, 0.717) is 19.3 Å². The third-order valence-electron chi connectivity index (χ3n) is 19.8. The van der Waals surface area contributed by atoms with Gasteiger partial charge >= 0.3 is 33.6 Å². The van der Waals surface area contributed by atoms with Crippen molar-refractivity contribution in [2.45, 2.75) is 424 Å². The number of aliphatic hydroxyl groups is 2. The molecule has 5 atom stereocenters. The monoisotopic (exact) mass is 1650 g/mol. The Morgan fingerprint density at radius 2 is 0.461 bits per heavy atom. The number of carbonyl (C=O) groups excluding carboxylic acids is 3. The zero-order chi connectivity index (χ0) is 83.6. The predicted octanol–water partition coefficient (Wildman–Crippen LogP) is 28.6. The number of rotatable bonds is 88. The second kappa shape index (κ2) is 89.0. The van der Waals surface area contributed by atoms with Crippen LogP contribution in [0.2, 0.25) is 0 Å². The van der Waals surface area contributed by atoms with E-state index in [1.54, 1.807) is 0 Å². The summed E-state index contributed by atoms with van der Waals surface area (Å²) < 4.78 is 61.4. The van der Waals surface area contributed by atoms with Gasteiger partial charge in [-0.05, 0) is 141 Å². The third-order valence-corrected chi connectivity index (χ3v) is 21.7. The number of hydrogen-bond donors (Lipinski definition) is 4. The largest absolute Gasteiger partial charge is 0.472 e. The number of ether oxygens (including phenoxy) is 3. The van der Waals surface area contributed by atoms with Crippen LogP contribution in [-0.2, 0) is 55.8 Å². The van der Waals surface area contributed by atoms with Crippen LogP contribution in [0.3, 0.4) is 0 Å². The summed E-state index contributed by atoms with van der Waals surface area (Å²) in [5.41, 5.74) is 0. The second-order valence-electron chi connectivity index (χ2n) is 31.1. The highest BCUT2D eigenvalue weighted by molar-refractivity contribution is 7.47. The molecule has 0 aromatic carbocycles. The number of phosphoric acid groups is 2. The first-order chi connectivity index (χ1) is 56.2. The van der Waals surface area contributed by atoms with Crippen molar-refractivity contribution in [2.24, 2.45) is 0 Å². The van der Waals surface area contributed by atoms with Gasteiger partial charge in [0.15, 0.2) is 6.10 Å². The lowest BCUT2D eigenvalue weighted by atomic mass is 10.0. The summed E-state index contributed by atoms with van der Waals surface area (Å²) in [7, 11) is -9.80. The lowest BCUT2D eigenvalue weighted by Crippen LogP contribution is -2.30. The minimum Gasteiger partial charge on any atom is -0.463 e. The predicted molar refractivity (Wildman–Crippen MR) is 482 cm³/mol. The fourth-order valence-corrected chi connectivity index (χ4v) is 14.4. The second-order valence-corrected chi connectivity index (χ2v) is 34.0. The Hall–Kier alpha value is -4.31. The molecule has 0 aromatic heterocycles. The maximum Gasteiger partial charge on any atom is 0.472 e. The number of unbranched alkanes of at least 4 members (excludes halogenated alkanes) is 43. The first-order valence-electron chi connectivity index (χ1n) is 46.5. The van der Waals surface area contributed by atoms with E-state index in [0.717, 1.165) is 135 Å². The molecular weight excluding hydrogens is 1480 g/mol. The van der Waals surface area contributed by atoms with E-state index in [-0.39, 0.29) is 19.3 Å². The van der Waals surface area contributed by atoms with Crippen LogP contribution in [0.1, 0.15) is 406 Å². The lowest BCUT2D eigenvalue weighted by molar-refractivity contribution is -0.161. The number of allylic oxidation sites excluding steroid dienone is 22. The zero-order valence-electron chi connectivity index (χ0n) is 73.2. The van der Waals surface area contributed by atoms with Gasteiger partial charge in [-0.1, -0.05) is 379 Å². The van der Waals surface area contributed by atoms with Gasteiger partial charge in [0.05, 0.1) is 26.4 Å². The van der Waals surface area contributed by atoms with Crippen molar-refractivity contribution in [2.75, 3.05) is 39.6 Å². The quantitative estimate of drug-likeness (QED) is 0.0146. The summed E-state index contributed by atoms with van der Waals surface area (Å²) in [6, 6.07) is 0. The Balaban J connectivity index is 4.37. The molecule has 0 saturated carbocycles. The third kappa shape index (κ3) is 90.3. The minimum atomic E-state index is -4.93. The summed E-state index contributed by atoms with van der Waals surface area (Å²) in [4.78, 5) is 58.9. The zero-order valence-corrected chi connectivity index (χ0v) is 75.0. The maximum absolute atomic E-state index is 13.0. The van der Waals surface area contributed by atoms with Crippen molar-refractivity contribution in [1.82, 2.24) is 0 Å². The number of aliphatic hydroxyl groups excluding tert-OH is 2. The highest BCUT2D eigenvalue weighted by Gasteiger charge is 2.29. The minimum absolute atomic E-state index is 0.0956. The van der Waals surface area contributed by atoms with E-state index < -0.39 is 91.5 Å². The average molecular weight is 1650 g/mol. The van der Waals surface area contributed by atoms with Crippen molar-refractivity contribution in [3.8, 4) is 0 Å². The van der Waals surface area contributed by atoms with Gasteiger partial charge in [0, 0.05) is 19.3 Å². The average Bonchev–Trinajstić information content (AvgIpc) is 0.905. The lowest BCUT2D eigenvalue weighted by Gasteiger charge is -2.21. The van der Waals surface area contributed by atoms with Crippen LogP contribution in [0.25, 0.3) is 0 Å². The molecule has 0 heterocycles. The van der Waals surface area contributed by atoms with Gasteiger partial charge < -0.3 is 34.2 Å². The van der Waals surface area contributed by atoms with E-state index in [2.05, 4.69) is 154 Å². The molecule has 0 aliphatic carbocycles. The Kier molecular flexibility index (Phi) is 85.6. The Morgan fingerprint density at radius 1 is 0.252 bits per heavy atom. The molecule has 0 aromatic rings. The molecule has 5 unspecified atom stereocenters. The molecule has 0 aliphatic heterocycles. The molecule has 0 spiro atoms. The van der Waals surface area contributed by atoms with Gasteiger partial charge in [0.25, 0.3) is 0 Å². The molecule has 0 amide bonds. The fraction of sp³-hybridized carbons (Fsp3) is 0.742. The number of carbonyl (C=O) groups is 3. The number of phosphoric ester groups is 2. The fourth-order valence-electron chi connectivity index (χ4n) is 12.8. The van der Waals surface area contributed by atoms with Gasteiger partial charge in [-0.2, -0.15) is 0 Å². The van der Waals surface area contributed by atoms with Crippen molar-refractivity contribution in [3.05, 3.63) is 134 Å². The molecule has 0 rings (SSSR count). The van der Waals surface area contributed by atoms with Crippen LogP contribution in [0.4, 0.5) is 0 Å². The van der Waals surface area contributed by atoms with Gasteiger partial charge in [-0.25, -0.2) is 9.13 Å². The normalized spacial score (nSPS) is 14.4. The molecule has 664 valence electrons. The van der Waals surface area contributed by atoms with Crippen LogP contribution >= 0.6 is 15.6 Å². The SMILES string of the molecule is CC/C=C\C/C=C\C/C=C\C/C=C\C/C=C\C/C=C\CCCCCCCCCCCCCCCCCCC(=O)OCC(O)COP(=O)(O)OCC(O)COP(=O)(O)OCC(COC(=O)CCCCCCCCCCCCCCCCC/C=C\C/C=C\C/C=C\C/C=C\CCCCC)OC(=O)CCCCCCC/C=C\CCCCCC. The highest BCUT2D eigenvalue weighted by Crippen LogP contribution is 2.45. The topological polar surface area (TPSA) is 231 Å². The van der Waals surface area contributed by atoms with Crippen molar-refractivity contribution < 1.29 is 75.8 Å². The Bertz CT molecular complexity index is 2620. The molecule has 4 N–H and O–H groups in total. The Morgan fingerprint density at radius 3 is 0.757 bits per heavy atom. The molecule has 0 saturated heterocycles. The van der Waals surface area contributed by atoms with Crippen molar-refractivity contribution >= 4 is 33.6 Å². The summed E-state index contributed by atoms with van der Waals surface area (Å²) in [5, 5.41) is 20.7. The van der Waals surface area contributed by atoms with Crippen molar-refractivity contribution in [1.29, 1.82) is 0 Å². The maximum atomic E-state index is 13.0. The molecule has 115 heavy (non-hydrogen) atoms. The van der Waals surface area contributed by atoms with E-state index >= 15 is 0 Å². The summed E-state index contributed by atoms with van der Waals surface area (Å²) in [6.07, 6.45) is 111. The van der Waals surface area contributed by atoms with Crippen molar-refractivity contribution in [3.63, 3.8) is 0 Å². The first kappa shape index (κ1) is 111. The van der Waals surface area contributed by atoms with Crippen LogP contribution in [0, 0.1) is 0 Å². The first-order valence-corrected chi connectivity index (χ1v) is 49.5. The molecule has 18 heteroatoms. The molecule has 0 fully saturated rings. The van der Waals surface area contributed by atoms with E-state index in [1.807, 2.05) is 0 Å². The van der Waals surface area contributed by atoms with E-state index in [9.17, 15) is 43.5 Å². The molecule has 0 aliphatic rings. The number of esters is 3. The molecule has 0 radical (unpaired) electrons. The van der Waals surface area contributed by atoms with Gasteiger partial charge in [-0.15, -0.1) is 0 Å². The number of hydrogen-bond acceptors (Lipinski definition) is 14. The Labute approximate surface area is 703 Å². The highest BCUT2D eigenvalue weighted by atomic mass is 31.2. The van der Waals surface area contributed by atoms with Crippen LogP contribution in [0.5, 0.6) is 0 Å². The van der Waals surface area contributed by atoms with Gasteiger partial charge in [0.2, 0.25) is 0 Å². The summed E-state index contributed by atoms with van der Waals surface area (Å²) in [5.74, 6) is -1.57. The van der Waals surface area contributed by atoms with E-state index in [1.165, 1.54) is 212 Å². The molecule has 16 nitrogen and oxygen atoms in total. The van der Waals surface area contributed by atoms with E-state index in [4.69, 9.17) is 32.3 Å². The van der Waals surface area contributed by atoms with Gasteiger partial charge in [-0.3, -0.25) is 32.5 Å². The standard InChI is InChI=1S/C97H170O16P2/c1-4-7-10-13-16-19-22-25-27-29-31-33-35-37-39-41-43-44-45-46-48-50-51-53-55-57-59-61-63-66-68-71-74-77-80-83-95(100)107-86-92(98)87-109-114(103,104)110-88-93(99)89-111-115(105,106)112-91-94(113-97(102)85-82-79-76-73-70-65-24-21-18-15-12-9-6-3)90-108-96(101)84-81-78-75-72-69-67-64-62-60-58-56-54-52-49-47-42-40-38-36-34-32-30-28-26-23-20-17-14-11-8-5-2/h7,10,16-17,19-21,24-28,31-34,37-40,43-44,92-94,98-99H,4-6,8-9,11-15,18,22-23,29-30,35-36,41-42,45-91H2,1-3H3,(H,103,104)(H,105,106)/b10-7-,19-16-,20-17-,24-21-,27-25-,28-26-,33-31-,34-32-,39-37-,40-38-,44-43-. The van der Waals surface area contributed by atoms with Crippen LogP contribution in [-0.4, -0.2) is 95.9 Å². The summed E-state index contributed by atoms with van der Waals surface area (Å²) >= 11 is 0. The smallest absolute Gasteiger partial charge is 0.463 e. The van der Waals surface area contributed by atoms with Crippen LogP contribution < -0.4 is 0 Å². The molecular formula is C97H170O16P2.